The Labute approximate surface area is 201 Å². The molecule has 1 aliphatic heterocycles. The van der Waals surface area contributed by atoms with Gasteiger partial charge in [-0.05, 0) is 70.2 Å². The number of hydrogen-bond donors (Lipinski definition) is 3. The number of nitrogens with one attached hydrogen (secondary N) is 2. The van der Waals surface area contributed by atoms with Gasteiger partial charge in [0.2, 0.25) is 5.91 Å². The van der Waals surface area contributed by atoms with Crippen molar-refractivity contribution in [3.05, 3.63) is 71.3 Å². The van der Waals surface area contributed by atoms with Crippen molar-refractivity contribution in [3.63, 3.8) is 0 Å². The molecule has 1 saturated heterocycles. The highest BCUT2D eigenvalue weighted by Gasteiger charge is 2.56. The van der Waals surface area contributed by atoms with Gasteiger partial charge in [0.1, 0.15) is 0 Å². The van der Waals surface area contributed by atoms with Crippen LogP contribution in [0.1, 0.15) is 61.0 Å². The Hall–Kier alpha value is -2.83. The number of aryl methyl sites for hydroxylation is 1. The molecule has 1 fully saturated rings. The van der Waals surface area contributed by atoms with Gasteiger partial charge in [-0.1, -0.05) is 54.6 Å². The van der Waals surface area contributed by atoms with Crippen LogP contribution in [-0.4, -0.2) is 42.1 Å². The first-order valence-corrected chi connectivity index (χ1v) is 12.3. The summed E-state index contributed by atoms with van der Waals surface area (Å²) in [4.78, 5) is 40.5. The molecular weight excluding hydrogens is 426 g/mol. The van der Waals surface area contributed by atoms with Crippen molar-refractivity contribution in [2.24, 2.45) is 11.7 Å². The first-order valence-electron chi connectivity index (χ1n) is 12.3. The zero-order chi connectivity index (χ0) is 24.3. The first-order chi connectivity index (χ1) is 16.2. The van der Waals surface area contributed by atoms with Crippen LogP contribution in [0.3, 0.4) is 0 Å². The van der Waals surface area contributed by atoms with Gasteiger partial charge in [-0.2, -0.15) is 0 Å². The third-order valence-corrected chi connectivity index (χ3v) is 7.36. The lowest BCUT2D eigenvalue weighted by Crippen LogP contribution is -2.57. The molecule has 2 aliphatic rings. The lowest BCUT2D eigenvalue weighted by atomic mass is 9.65. The van der Waals surface area contributed by atoms with Gasteiger partial charge in [-0.15, -0.1) is 0 Å². The number of amides is 1. The minimum Gasteiger partial charge on any atom is -0.345 e. The van der Waals surface area contributed by atoms with E-state index < -0.39 is 22.9 Å². The average Bonchev–Trinajstić information content (AvgIpc) is 3.06. The Morgan fingerprint density at radius 3 is 2.41 bits per heavy atom. The van der Waals surface area contributed by atoms with E-state index in [0.29, 0.717) is 18.4 Å². The van der Waals surface area contributed by atoms with Crippen LogP contribution in [0.4, 0.5) is 0 Å². The SMILES string of the molecule is CC(C)(N)C(=O)NC(CCCc1ccccc1)C(=O)[C@H]1C(=O)c2ccccc2C12CCNCC2. The number of hydrogen-bond acceptors (Lipinski definition) is 5. The molecule has 0 radical (unpaired) electrons. The maximum Gasteiger partial charge on any atom is 0.240 e. The van der Waals surface area contributed by atoms with E-state index in [2.05, 4.69) is 22.8 Å². The fourth-order valence-electron chi connectivity index (χ4n) is 5.51. The number of piperidine rings is 1. The Morgan fingerprint density at radius 2 is 1.74 bits per heavy atom. The van der Waals surface area contributed by atoms with Crippen molar-refractivity contribution < 1.29 is 14.4 Å². The summed E-state index contributed by atoms with van der Waals surface area (Å²) in [6.07, 6.45) is 3.41. The number of fused-ring (bicyclic) bond motifs is 2. The van der Waals surface area contributed by atoms with E-state index in [1.165, 1.54) is 5.56 Å². The van der Waals surface area contributed by atoms with Crippen LogP contribution < -0.4 is 16.4 Å². The second-order valence-electron chi connectivity index (χ2n) is 10.3. The Morgan fingerprint density at radius 1 is 1.09 bits per heavy atom. The fraction of sp³-hybridized carbons (Fsp3) is 0.464. The lowest BCUT2D eigenvalue weighted by Gasteiger charge is -2.40. The number of carbonyl (C=O) groups excluding carboxylic acids is 3. The van der Waals surface area contributed by atoms with Crippen LogP contribution in [0.2, 0.25) is 0 Å². The summed E-state index contributed by atoms with van der Waals surface area (Å²) in [5, 5.41) is 6.27. The third-order valence-electron chi connectivity index (χ3n) is 7.36. The second kappa shape index (κ2) is 9.80. The Balaban J connectivity index is 1.62. The van der Waals surface area contributed by atoms with Crippen molar-refractivity contribution in [2.75, 3.05) is 13.1 Å². The molecule has 2 atom stereocenters. The highest BCUT2D eigenvalue weighted by molar-refractivity contribution is 6.17. The lowest BCUT2D eigenvalue weighted by molar-refractivity contribution is -0.132. The molecule has 1 unspecified atom stereocenters. The van der Waals surface area contributed by atoms with Gasteiger partial charge in [0.05, 0.1) is 17.5 Å². The summed E-state index contributed by atoms with van der Waals surface area (Å²) < 4.78 is 0. The average molecular weight is 462 g/mol. The van der Waals surface area contributed by atoms with Crippen molar-refractivity contribution in [2.45, 2.75) is 62.9 Å². The summed E-state index contributed by atoms with van der Waals surface area (Å²) in [6.45, 7) is 4.76. The zero-order valence-corrected chi connectivity index (χ0v) is 20.1. The summed E-state index contributed by atoms with van der Waals surface area (Å²) in [6, 6.07) is 16.9. The summed E-state index contributed by atoms with van der Waals surface area (Å²) >= 11 is 0. The maximum absolute atomic E-state index is 14.1. The molecule has 2 aromatic carbocycles. The zero-order valence-electron chi connectivity index (χ0n) is 20.1. The van der Waals surface area contributed by atoms with Crippen LogP contribution in [0.5, 0.6) is 0 Å². The van der Waals surface area contributed by atoms with Crippen molar-refractivity contribution in [1.82, 2.24) is 10.6 Å². The standard InChI is InChI=1S/C28H35N3O3/c1-27(2,29)26(34)31-22(14-8-11-19-9-4-3-5-10-19)25(33)23-24(32)20-12-6-7-13-21(20)28(23)15-17-30-18-16-28/h3-7,9-10,12-13,22-23,30H,8,11,14-18,29H2,1-2H3,(H,31,34)/t22?,23-/m1/s1. The third kappa shape index (κ3) is 4.70. The predicted molar refractivity (Wildman–Crippen MR) is 133 cm³/mol. The van der Waals surface area contributed by atoms with E-state index in [1.54, 1.807) is 13.8 Å². The Kier molecular flexibility index (Phi) is 7.01. The molecule has 2 aromatic rings. The maximum atomic E-state index is 14.1. The van der Waals surface area contributed by atoms with Crippen LogP contribution in [0.15, 0.2) is 54.6 Å². The number of rotatable bonds is 8. The molecule has 0 saturated carbocycles. The van der Waals surface area contributed by atoms with E-state index in [4.69, 9.17) is 5.73 Å². The van der Waals surface area contributed by atoms with Crippen LogP contribution in [0, 0.1) is 5.92 Å². The molecule has 1 spiro atoms. The number of ketones is 2. The van der Waals surface area contributed by atoms with Crippen LogP contribution >= 0.6 is 0 Å². The highest BCUT2D eigenvalue weighted by atomic mass is 16.2. The summed E-state index contributed by atoms with van der Waals surface area (Å²) in [7, 11) is 0. The number of benzene rings is 2. The molecular formula is C28H35N3O3. The van der Waals surface area contributed by atoms with Gasteiger partial charge in [-0.3, -0.25) is 14.4 Å². The van der Waals surface area contributed by atoms with Crippen LogP contribution in [-0.2, 0) is 21.4 Å². The van der Waals surface area contributed by atoms with E-state index in [-0.39, 0.29) is 17.5 Å². The molecule has 6 heteroatoms. The molecule has 0 aromatic heterocycles. The molecule has 1 heterocycles. The first kappa shape index (κ1) is 24.3. The minimum absolute atomic E-state index is 0.114. The molecule has 1 aliphatic carbocycles. The largest absolute Gasteiger partial charge is 0.345 e. The minimum atomic E-state index is -1.12. The normalized spacial score (nSPS) is 20.1. The van der Waals surface area contributed by atoms with E-state index >= 15 is 0 Å². The quantitative estimate of drug-likeness (QED) is 0.525. The fourth-order valence-corrected chi connectivity index (χ4v) is 5.51. The van der Waals surface area contributed by atoms with Gasteiger partial charge < -0.3 is 16.4 Å². The van der Waals surface area contributed by atoms with Gasteiger partial charge >= 0.3 is 0 Å². The van der Waals surface area contributed by atoms with E-state index in [0.717, 1.165) is 37.9 Å². The van der Waals surface area contributed by atoms with Gasteiger partial charge in [-0.25, -0.2) is 0 Å². The number of Topliss-reactive ketones (excluding diaryl/α,β-unsaturated/α-hetero) is 2. The second-order valence-corrected chi connectivity index (χ2v) is 10.3. The van der Waals surface area contributed by atoms with Crippen molar-refractivity contribution in [1.29, 1.82) is 0 Å². The van der Waals surface area contributed by atoms with Gasteiger partial charge in [0.15, 0.2) is 11.6 Å². The van der Waals surface area contributed by atoms with Crippen molar-refractivity contribution >= 4 is 17.5 Å². The molecule has 6 nitrogen and oxygen atoms in total. The van der Waals surface area contributed by atoms with Gasteiger partial charge in [0.25, 0.3) is 0 Å². The Bertz CT molecular complexity index is 1050. The molecule has 0 bridgehead atoms. The van der Waals surface area contributed by atoms with Crippen LogP contribution in [0.25, 0.3) is 0 Å². The molecule has 1 amide bonds. The van der Waals surface area contributed by atoms with Gasteiger partial charge in [0, 0.05) is 11.0 Å². The molecule has 34 heavy (non-hydrogen) atoms. The van der Waals surface area contributed by atoms with Crippen molar-refractivity contribution in [3.8, 4) is 0 Å². The van der Waals surface area contributed by atoms with E-state index in [1.807, 2.05) is 42.5 Å². The smallest absolute Gasteiger partial charge is 0.240 e. The molecule has 180 valence electrons. The molecule has 4 N–H and O–H groups in total. The summed E-state index contributed by atoms with van der Waals surface area (Å²) in [5.41, 5.74) is 7.21. The van der Waals surface area contributed by atoms with E-state index in [9.17, 15) is 14.4 Å². The predicted octanol–water partition coefficient (Wildman–Crippen LogP) is 2.93. The highest BCUT2D eigenvalue weighted by Crippen LogP contribution is 2.49. The summed E-state index contributed by atoms with van der Waals surface area (Å²) in [5.74, 6) is -1.46. The number of carbonyl (C=O) groups is 3. The number of nitrogens with two attached hydrogens (primary N) is 1. The topological polar surface area (TPSA) is 101 Å². The monoisotopic (exact) mass is 461 g/mol. The molecule has 4 rings (SSSR count).